The summed E-state index contributed by atoms with van der Waals surface area (Å²) in [7, 11) is 0. The van der Waals surface area contributed by atoms with Crippen LogP contribution < -0.4 is 0 Å². The molecule has 0 N–H and O–H groups in total. The Labute approximate surface area is 105 Å². The maximum atomic E-state index is 4.05. The lowest BCUT2D eigenvalue weighted by Gasteiger charge is -2.07. The minimum atomic E-state index is 0.464. The Morgan fingerprint density at radius 3 is 2.59 bits per heavy atom. The van der Waals surface area contributed by atoms with E-state index in [2.05, 4.69) is 55.4 Å². The number of nitrogens with zero attached hydrogens (tertiary/aromatic N) is 4. The van der Waals surface area contributed by atoms with Crippen LogP contribution in [0.4, 0.5) is 0 Å². The maximum Gasteiger partial charge on any atom is 0.214 e. The molecule has 2 rings (SSSR count). The molecule has 90 valence electrons. The SMILES string of the molecule is Cc1ccc(-n2nnnc2SC(C)C)cc1C. The quantitative estimate of drug-likeness (QED) is 0.783. The Morgan fingerprint density at radius 1 is 1.18 bits per heavy atom. The van der Waals surface area contributed by atoms with Crippen LogP contribution >= 0.6 is 11.8 Å². The summed E-state index contributed by atoms with van der Waals surface area (Å²) in [6.07, 6.45) is 0. The Bertz CT molecular complexity index is 519. The van der Waals surface area contributed by atoms with Crippen molar-refractivity contribution in [3.63, 3.8) is 0 Å². The molecule has 0 saturated heterocycles. The van der Waals surface area contributed by atoms with E-state index in [4.69, 9.17) is 0 Å². The highest BCUT2D eigenvalue weighted by atomic mass is 32.2. The average molecular weight is 248 g/mol. The van der Waals surface area contributed by atoms with Crippen LogP contribution in [-0.2, 0) is 0 Å². The third-order valence-electron chi connectivity index (χ3n) is 2.52. The van der Waals surface area contributed by atoms with Crippen LogP contribution in [0.15, 0.2) is 23.4 Å². The van der Waals surface area contributed by atoms with Gasteiger partial charge in [0.05, 0.1) is 5.69 Å². The highest BCUT2D eigenvalue weighted by molar-refractivity contribution is 7.99. The number of hydrogen-bond acceptors (Lipinski definition) is 4. The molecular formula is C12H16N4S. The van der Waals surface area contributed by atoms with E-state index in [1.54, 1.807) is 16.4 Å². The van der Waals surface area contributed by atoms with E-state index in [0.29, 0.717) is 5.25 Å². The second-order valence-corrected chi connectivity index (χ2v) is 5.85. The standard InChI is InChI=1S/C12H16N4S/c1-8(2)17-12-13-14-15-16(12)11-6-5-9(3)10(4)7-11/h5-8H,1-4H3. The Balaban J connectivity index is 2.39. The van der Waals surface area contributed by atoms with E-state index in [1.807, 2.05) is 6.07 Å². The van der Waals surface area contributed by atoms with Crippen molar-refractivity contribution in [1.82, 2.24) is 20.2 Å². The first-order valence-electron chi connectivity index (χ1n) is 5.60. The summed E-state index contributed by atoms with van der Waals surface area (Å²) in [4.78, 5) is 0. The largest absolute Gasteiger partial charge is 0.214 e. The molecule has 2 aromatic rings. The number of rotatable bonds is 3. The predicted molar refractivity (Wildman–Crippen MR) is 69.6 cm³/mol. The summed E-state index contributed by atoms with van der Waals surface area (Å²) in [5, 5.41) is 13.1. The topological polar surface area (TPSA) is 43.6 Å². The molecule has 0 aliphatic heterocycles. The van der Waals surface area contributed by atoms with Crippen LogP contribution in [0.25, 0.3) is 5.69 Å². The smallest absolute Gasteiger partial charge is 0.187 e. The minimum Gasteiger partial charge on any atom is -0.187 e. The fourth-order valence-electron chi connectivity index (χ4n) is 1.48. The van der Waals surface area contributed by atoms with Gasteiger partial charge < -0.3 is 0 Å². The van der Waals surface area contributed by atoms with Gasteiger partial charge in [-0.25, -0.2) is 0 Å². The molecule has 17 heavy (non-hydrogen) atoms. The van der Waals surface area contributed by atoms with Crippen molar-refractivity contribution in [2.24, 2.45) is 0 Å². The molecule has 0 amide bonds. The number of benzene rings is 1. The average Bonchev–Trinajstić information content (AvgIpc) is 2.69. The zero-order valence-corrected chi connectivity index (χ0v) is 11.3. The number of tetrazole rings is 1. The van der Waals surface area contributed by atoms with Gasteiger partial charge in [0.15, 0.2) is 0 Å². The van der Waals surface area contributed by atoms with Crippen LogP contribution in [0.5, 0.6) is 0 Å². The Kier molecular flexibility index (Phi) is 3.47. The molecule has 0 atom stereocenters. The van der Waals surface area contributed by atoms with Gasteiger partial charge in [-0.1, -0.05) is 31.7 Å². The molecule has 0 spiro atoms. The summed E-state index contributed by atoms with van der Waals surface area (Å²) >= 11 is 1.66. The number of aromatic nitrogens is 4. The van der Waals surface area contributed by atoms with Crippen LogP contribution in [0, 0.1) is 13.8 Å². The van der Waals surface area contributed by atoms with Crippen molar-refractivity contribution in [1.29, 1.82) is 0 Å². The van der Waals surface area contributed by atoms with Crippen molar-refractivity contribution in [3.05, 3.63) is 29.3 Å². The van der Waals surface area contributed by atoms with Gasteiger partial charge in [0.2, 0.25) is 5.16 Å². The lowest BCUT2D eigenvalue weighted by Crippen LogP contribution is -2.01. The van der Waals surface area contributed by atoms with Crippen LogP contribution in [0.3, 0.4) is 0 Å². The lowest BCUT2D eigenvalue weighted by molar-refractivity contribution is 0.754. The fourth-order valence-corrected chi connectivity index (χ4v) is 2.23. The number of hydrogen-bond donors (Lipinski definition) is 0. The third kappa shape index (κ3) is 2.66. The van der Waals surface area contributed by atoms with Crippen LogP contribution in [0.1, 0.15) is 25.0 Å². The van der Waals surface area contributed by atoms with Crippen molar-refractivity contribution >= 4 is 11.8 Å². The molecule has 1 heterocycles. The molecule has 0 radical (unpaired) electrons. The first-order valence-corrected chi connectivity index (χ1v) is 6.48. The highest BCUT2D eigenvalue weighted by Crippen LogP contribution is 2.23. The molecule has 5 heteroatoms. The van der Waals surface area contributed by atoms with Crippen molar-refractivity contribution < 1.29 is 0 Å². The van der Waals surface area contributed by atoms with E-state index >= 15 is 0 Å². The number of thioether (sulfide) groups is 1. The molecule has 0 saturated carbocycles. The van der Waals surface area contributed by atoms with E-state index in [0.717, 1.165) is 10.8 Å². The van der Waals surface area contributed by atoms with E-state index in [-0.39, 0.29) is 0 Å². The second kappa shape index (κ2) is 4.87. The van der Waals surface area contributed by atoms with Gasteiger partial charge in [-0.05, 0) is 47.5 Å². The van der Waals surface area contributed by atoms with Gasteiger partial charge >= 0.3 is 0 Å². The monoisotopic (exact) mass is 248 g/mol. The fraction of sp³-hybridized carbons (Fsp3) is 0.417. The Morgan fingerprint density at radius 2 is 1.94 bits per heavy atom. The number of aryl methyl sites for hydroxylation is 2. The summed E-state index contributed by atoms with van der Waals surface area (Å²) < 4.78 is 1.79. The summed E-state index contributed by atoms with van der Waals surface area (Å²) in [5.41, 5.74) is 3.54. The van der Waals surface area contributed by atoms with Crippen LogP contribution in [0.2, 0.25) is 0 Å². The van der Waals surface area contributed by atoms with Gasteiger partial charge in [0, 0.05) is 5.25 Å². The Hall–Kier alpha value is -1.36. The van der Waals surface area contributed by atoms with Crippen molar-refractivity contribution in [2.45, 2.75) is 38.1 Å². The van der Waals surface area contributed by atoms with Crippen molar-refractivity contribution in [2.75, 3.05) is 0 Å². The zero-order valence-electron chi connectivity index (χ0n) is 10.5. The molecule has 0 aliphatic rings. The van der Waals surface area contributed by atoms with Gasteiger partial charge in [0.1, 0.15) is 0 Å². The molecule has 1 aromatic heterocycles. The summed E-state index contributed by atoms with van der Waals surface area (Å²) in [5.74, 6) is 0. The molecular weight excluding hydrogens is 232 g/mol. The lowest BCUT2D eigenvalue weighted by atomic mass is 10.1. The molecule has 0 aliphatic carbocycles. The highest BCUT2D eigenvalue weighted by Gasteiger charge is 2.10. The summed E-state index contributed by atoms with van der Waals surface area (Å²) in [6, 6.07) is 6.25. The van der Waals surface area contributed by atoms with Crippen LogP contribution in [-0.4, -0.2) is 25.5 Å². The molecule has 4 nitrogen and oxygen atoms in total. The minimum absolute atomic E-state index is 0.464. The normalized spacial score (nSPS) is 11.1. The van der Waals surface area contributed by atoms with E-state index < -0.39 is 0 Å². The maximum absolute atomic E-state index is 4.05. The molecule has 0 bridgehead atoms. The van der Waals surface area contributed by atoms with E-state index in [1.165, 1.54) is 11.1 Å². The third-order valence-corrected chi connectivity index (χ3v) is 3.45. The predicted octanol–water partition coefficient (Wildman–Crippen LogP) is 2.78. The van der Waals surface area contributed by atoms with Gasteiger partial charge in [-0.3, -0.25) is 0 Å². The first kappa shape index (κ1) is 12.1. The zero-order chi connectivity index (χ0) is 12.4. The second-order valence-electron chi connectivity index (χ2n) is 4.31. The van der Waals surface area contributed by atoms with Crippen molar-refractivity contribution in [3.8, 4) is 5.69 Å². The molecule has 0 unspecified atom stereocenters. The summed E-state index contributed by atoms with van der Waals surface area (Å²) in [6.45, 7) is 8.45. The van der Waals surface area contributed by atoms with E-state index in [9.17, 15) is 0 Å². The molecule has 1 aromatic carbocycles. The van der Waals surface area contributed by atoms with Gasteiger partial charge in [0.25, 0.3) is 0 Å². The van der Waals surface area contributed by atoms with Gasteiger partial charge in [-0.15, -0.1) is 5.10 Å². The first-order chi connectivity index (χ1) is 8.08. The molecule has 0 fully saturated rings. The van der Waals surface area contributed by atoms with Gasteiger partial charge in [-0.2, -0.15) is 4.68 Å².